The first-order valence-electron chi connectivity index (χ1n) is 5.74. The third-order valence-electron chi connectivity index (χ3n) is 2.84. The number of nitrogens with zero attached hydrogens (tertiary/aromatic N) is 1. The van der Waals surface area contributed by atoms with E-state index in [1.807, 2.05) is 0 Å². The van der Waals surface area contributed by atoms with Gasteiger partial charge in [0.25, 0.3) is 0 Å². The van der Waals surface area contributed by atoms with Gasteiger partial charge >= 0.3 is 0 Å². The second kappa shape index (κ2) is 5.84. The van der Waals surface area contributed by atoms with Gasteiger partial charge in [0.2, 0.25) is 11.8 Å². The van der Waals surface area contributed by atoms with Crippen LogP contribution < -0.4 is 10.6 Å². The molecule has 0 saturated carbocycles. The smallest absolute Gasteiger partial charge is 0.241 e. The Morgan fingerprint density at radius 2 is 2.06 bits per heavy atom. The normalized spacial score (nSPS) is 24.9. The molecule has 5 nitrogen and oxygen atoms in total. The third-order valence-corrected chi connectivity index (χ3v) is 2.84. The molecular formula is C11H21N3O2. The number of hydrogen-bond donors (Lipinski definition) is 2. The minimum atomic E-state index is -0.140. The van der Waals surface area contributed by atoms with Crippen molar-refractivity contribution in [3.63, 3.8) is 0 Å². The molecule has 0 aromatic heterocycles. The Kier molecular flexibility index (Phi) is 4.73. The van der Waals surface area contributed by atoms with Crippen LogP contribution in [-0.2, 0) is 9.59 Å². The molecule has 1 saturated heterocycles. The van der Waals surface area contributed by atoms with Crippen LogP contribution >= 0.6 is 0 Å². The highest BCUT2D eigenvalue weighted by atomic mass is 16.2. The molecule has 5 heteroatoms. The molecule has 1 heterocycles. The molecule has 0 aromatic rings. The molecule has 2 unspecified atom stereocenters. The minimum Gasteiger partial charge on any atom is -0.347 e. The van der Waals surface area contributed by atoms with Crippen molar-refractivity contribution in [2.75, 3.05) is 20.6 Å². The van der Waals surface area contributed by atoms with Gasteiger partial charge in [-0.3, -0.25) is 9.59 Å². The summed E-state index contributed by atoms with van der Waals surface area (Å²) in [5.74, 6) is -0.154. The zero-order chi connectivity index (χ0) is 12.1. The zero-order valence-corrected chi connectivity index (χ0v) is 10.2. The first-order chi connectivity index (χ1) is 7.50. The lowest BCUT2D eigenvalue weighted by molar-refractivity contribution is -0.131. The van der Waals surface area contributed by atoms with E-state index in [2.05, 4.69) is 17.6 Å². The van der Waals surface area contributed by atoms with Crippen molar-refractivity contribution in [3.05, 3.63) is 0 Å². The fraction of sp³-hybridized carbons (Fsp3) is 0.818. The van der Waals surface area contributed by atoms with Gasteiger partial charge in [-0.15, -0.1) is 0 Å². The molecule has 1 fully saturated rings. The number of amides is 2. The van der Waals surface area contributed by atoms with Crippen molar-refractivity contribution < 1.29 is 9.59 Å². The number of likely N-dealkylation sites (N-methyl/N-ethyl adjacent to an activating group) is 1. The van der Waals surface area contributed by atoms with E-state index in [0.717, 1.165) is 19.3 Å². The summed E-state index contributed by atoms with van der Waals surface area (Å²) in [6.07, 6.45) is 3.03. The van der Waals surface area contributed by atoms with E-state index in [9.17, 15) is 9.59 Å². The molecule has 1 aliphatic rings. The summed E-state index contributed by atoms with van der Waals surface area (Å²) in [4.78, 5) is 24.5. The zero-order valence-electron chi connectivity index (χ0n) is 10.2. The molecule has 0 spiro atoms. The maximum absolute atomic E-state index is 11.7. The quantitative estimate of drug-likeness (QED) is 0.697. The van der Waals surface area contributed by atoms with Crippen LogP contribution in [0.25, 0.3) is 0 Å². The van der Waals surface area contributed by atoms with Crippen LogP contribution in [0.5, 0.6) is 0 Å². The van der Waals surface area contributed by atoms with Crippen molar-refractivity contribution in [1.29, 1.82) is 0 Å². The fourth-order valence-corrected chi connectivity index (χ4v) is 1.79. The minimum absolute atomic E-state index is 0.0678. The largest absolute Gasteiger partial charge is 0.347 e. The molecule has 2 atom stereocenters. The van der Waals surface area contributed by atoms with Gasteiger partial charge in [-0.25, -0.2) is 0 Å². The monoisotopic (exact) mass is 227 g/mol. The number of carbonyl (C=O) groups is 2. The Balaban J connectivity index is 2.32. The van der Waals surface area contributed by atoms with Crippen LogP contribution in [0.1, 0.15) is 26.2 Å². The van der Waals surface area contributed by atoms with Gasteiger partial charge in [-0.05, 0) is 26.2 Å². The maximum Gasteiger partial charge on any atom is 0.241 e. The van der Waals surface area contributed by atoms with E-state index in [-0.39, 0.29) is 24.4 Å². The summed E-state index contributed by atoms with van der Waals surface area (Å²) in [5, 5.41) is 5.89. The molecule has 0 radical (unpaired) electrons. The molecule has 2 N–H and O–H groups in total. The van der Waals surface area contributed by atoms with Gasteiger partial charge in [-0.2, -0.15) is 0 Å². The standard InChI is InChI=1S/C11H21N3O2/c1-8-5-4-6-9(13-8)11(16)12-7-10(15)14(2)3/h8-9,13H,4-7H2,1-3H3,(H,12,16). The molecule has 16 heavy (non-hydrogen) atoms. The third kappa shape index (κ3) is 3.81. The molecule has 92 valence electrons. The number of nitrogens with one attached hydrogen (secondary N) is 2. The topological polar surface area (TPSA) is 61.4 Å². The summed E-state index contributed by atoms with van der Waals surface area (Å²) < 4.78 is 0. The predicted molar refractivity (Wildman–Crippen MR) is 61.9 cm³/mol. The molecule has 0 bridgehead atoms. The number of hydrogen-bond acceptors (Lipinski definition) is 3. The first-order valence-corrected chi connectivity index (χ1v) is 5.74. The summed E-state index contributed by atoms with van der Waals surface area (Å²) in [5.41, 5.74) is 0. The lowest BCUT2D eigenvalue weighted by Gasteiger charge is -2.27. The number of rotatable bonds is 3. The van der Waals surface area contributed by atoms with E-state index in [0.29, 0.717) is 6.04 Å². The van der Waals surface area contributed by atoms with Crippen LogP contribution in [0.4, 0.5) is 0 Å². The summed E-state index contributed by atoms with van der Waals surface area (Å²) in [6, 6.07) is 0.243. The van der Waals surface area contributed by atoms with Crippen molar-refractivity contribution >= 4 is 11.8 Å². The number of carbonyl (C=O) groups excluding carboxylic acids is 2. The predicted octanol–water partition coefficient (Wildman–Crippen LogP) is -0.279. The number of piperidine rings is 1. The van der Waals surface area contributed by atoms with Gasteiger partial charge in [0, 0.05) is 20.1 Å². The van der Waals surface area contributed by atoms with Crippen LogP contribution in [0.15, 0.2) is 0 Å². The molecule has 0 aliphatic carbocycles. The van der Waals surface area contributed by atoms with Crippen LogP contribution in [0.3, 0.4) is 0 Å². The van der Waals surface area contributed by atoms with E-state index in [1.165, 1.54) is 4.90 Å². The lowest BCUT2D eigenvalue weighted by atomic mass is 9.99. The Morgan fingerprint density at radius 1 is 1.38 bits per heavy atom. The van der Waals surface area contributed by atoms with Crippen molar-refractivity contribution in [2.45, 2.75) is 38.3 Å². The molecule has 0 aromatic carbocycles. The highest BCUT2D eigenvalue weighted by Gasteiger charge is 2.24. The summed E-state index contributed by atoms with van der Waals surface area (Å²) >= 11 is 0. The lowest BCUT2D eigenvalue weighted by Crippen LogP contribution is -2.51. The molecule has 1 rings (SSSR count). The van der Waals surface area contributed by atoms with Gasteiger partial charge in [0.1, 0.15) is 0 Å². The van der Waals surface area contributed by atoms with Gasteiger partial charge in [-0.1, -0.05) is 0 Å². The van der Waals surface area contributed by atoms with Gasteiger partial charge in [0.05, 0.1) is 12.6 Å². The van der Waals surface area contributed by atoms with Crippen LogP contribution in [0.2, 0.25) is 0 Å². The fourth-order valence-electron chi connectivity index (χ4n) is 1.79. The highest BCUT2D eigenvalue weighted by Crippen LogP contribution is 2.11. The Labute approximate surface area is 96.6 Å². The van der Waals surface area contributed by atoms with Crippen LogP contribution in [0, 0.1) is 0 Å². The van der Waals surface area contributed by atoms with Gasteiger partial charge in [0.15, 0.2) is 0 Å². The Hall–Kier alpha value is -1.10. The SMILES string of the molecule is CC1CCCC(C(=O)NCC(=O)N(C)C)N1. The van der Waals surface area contributed by atoms with Crippen LogP contribution in [-0.4, -0.2) is 49.4 Å². The van der Waals surface area contributed by atoms with Crippen molar-refractivity contribution in [1.82, 2.24) is 15.5 Å². The highest BCUT2D eigenvalue weighted by molar-refractivity contribution is 5.87. The maximum atomic E-state index is 11.7. The molecular weight excluding hydrogens is 206 g/mol. The molecule has 1 aliphatic heterocycles. The Bertz CT molecular complexity index is 266. The average molecular weight is 227 g/mol. The first kappa shape index (κ1) is 13.0. The van der Waals surface area contributed by atoms with Crippen molar-refractivity contribution in [2.24, 2.45) is 0 Å². The Morgan fingerprint density at radius 3 is 2.62 bits per heavy atom. The summed E-state index contributed by atoms with van der Waals surface area (Å²) in [6.45, 7) is 2.16. The average Bonchev–Trinajstić information content (AvgIpc) is 2.25. The van der Waals surface area contributed by atoms with E-state index in [4.69, 9.17) is 0 Å². The van der Waals surface area contributed by atoms with E-state index < -0.39 is 0 Å². The van der Waals surface area contributed by atoms with E-state index in [1.54, 1.807) is 14.1 Å². The van der Waals surface area contributed by atoms with Gasteiger partial charge < -0.3 is 15.5 Å². The second-order valence-corrected chi connectivity index (χ2v) is 4.56. The summed E-state index contributed by atoms with van der Waals surface area (Å²) in [7, 11) is 3.35. The van der Waals surface area contributed by atoms with E-state index >= 15 is 0 Å². The molecule has 2 amide bonds. The van der Waals surface area contributed by atoms with Crippen molar-refractivity contribution in [3.8, 4) is 0 Å². The second-order valence-electron chi connectivity index (χ2n) is 4.56.